The Balaban J connectivity index is 0.000000280. The Labute approximate surface area is 355 Å². The number of rotatable bonds is 8. The van der Waals surface area contributed by atoms with E-state index in [1.165, 1.54) is 25.7 Å². The first-order valence-corrected chi connectivity index (χ1v) is 22.1. The van der Waals surface area contributed by atoms with Crippen molar-refractivity contribution < 1.29 is 38.6 Å². The number of likely N-dealkylation sites (tertiary alicyclic amines) is 2. The molecule has 0 radical (unpaired) electrons. The van der Waals surface area contributed by atoms with Crippen LogP contribution >= 0.6 is 12.4 Å². The van der Waals surface area contributed by atoms with Crippen molar-refractivity contribution in [3.63, 3.8) is 0 Å². The van der Waals surface area contributed by atoms with Gasteiger partial charge in [-0.1, -0.05) is 19.3 Å². The van der Waals surface area contributed by atoms with Gasteiger partial charge in [0.25, 0.3) is 0 Å². The average molecular weight is 844 g/mol. The second-order valence-corrected chi connectivity index (χ2v) is 19.0. The van der Waals surface area contributed by atoms with Gasteiger partial charge in [0.2, 0.25) is 11.8 Å². The van der Waals surface area contributed by atoms with Crippen molar-refractivity contribution >= 4 is 42.4 Å². The SMILES string of the molecule is CC(C)(C)OC(=O)N1CCC(CN)CC1.CC(C)(C)OC(=O)N1CCC(CNC(=O)C2CCC2)CC1.Cl.O=C(NCC1CCNCC1)C1CCC1.O=C(O)C1CCC1. The molecule has 0 unspecified atom stereocenters. The summed E-state index contributed by atoms with van der Waals surface area (Å²) in [7, 11) is 0. The van der Waals surface area contributed by atoms with Gasteiger partial charge in [0.1, 0.15) is 11.2 Å². The van der Waals surface area contributed by atoms with Gasteiger partial charge >= 0.3 is 18.2 Å². The fraction of sp³-hybridized carbons (Fsp3) is 0.884. The number of halogens is 1. The summed E-state index contributed by atoms with van der Waals surface area (Å²) >= 11 is 0. The highest BCUT2D eigenvalue weighted by molar-refractivity contribution is 5.85. The molecular formula is C43H79ClN6O8. The lowest BCUT2D eigenvalue weighted by atomic mass is 9.84. The third-order valence-electron chi connectivity index (χ3n) is 11.9. The maximum absolute atomic E-state index is 12.0. The van der Waals surface area contributed by atoms with Gasteiger partial charge in [0.15, 0.2) is 0 Å². The van der Waals surface area contributed by atoms with Gasteiger partial charge in [-0.15, -0.1) is 12.4 Å². The van der Waals surface area contributed by atoms with Gasteiger partial charge in [-0.05, 0) is 156 Å². The molecule has 6 N–H and O–H groups in total. The van der Waals surface area contributed by atoms with Crippen LogP contribution < -0.4 is 21.7 Å². The van der Waals surface area contributed by atoms with Crippen LogP contribution in [0, 0.1) is 35.5 Å². The third-order valence-corrected chi connectivity index (χ3v) is 11.9. The third kappa shape index (κ3) is 19.9. The maximum atomic E-state index is 12.0. The predicted molar refractivity (Wildman–Crippen MR) is 229 cm³/mol. The number of nitrogens with zero attached hydrogens (tertiary/aromatic N) is 2. The molecule has 6 rings (SSSR count). The highest BCUT2D eigenvalue weighted by atomic mass is 35.5. The van der Waals surface area contributed by atoms with Crippen LogP contribution in [0.3, 0.4) is 0 Å². The molecule has 15 heteroatoms. The van der Waals surface area contributed by atoms with Crippen LogP contribution in [-0.4, -0.2) is 115 Å². The Hall–Kier alpha value is -2.84. The molecular weight excluding hydrogens is 764 g/mol. The number of amides is 4. The number of piperidine rings is 3. The molecule has 6 aliphatic rings. The predicted octanol–water partition coefficient (Wildman–Crippen LogP) is 6.34. The minimum absolute atomic E-state index is 0. The van der Waals surface area contributed by atoms with Crippen LogP contribution in [-0.2, 0) is 23.9 Å². The van der Waals surface area contributed by atoms with Gasteiger partial charge in [0, 0.05) is 51.1 Å². The smallest absolute Gasteiger partial charge is 0.410 e. The zero-order valence-corrected chi connectivity index (χ0v) is 37.4. The number of nitrogens with one attached hydrogen (secondary N) is 3. The van der Waals surface area contributed by atoms with Crippen molar-refractivity contribution in [3.8, 4) is 0 Å². The Morgan fingerprint density at radius 2 is 0.931 bits per heavy atom. The molecule has 3 aliphatic heterocycles. The van der Waals surface area contributed by atoms with Crippen molar-refractivity contribution in [1.29, 1.82) is 0 Å². The molecule has 58 heavy (non-hydrogen) atoms. The molecule has 0 bridgehead atoms. The molecule has 6 fully saturated rings. The summed E-state index contributed by atoms with van der Waals surface area (Å²) < 4.78 is 10.7. The van der Waals surface area contributed by atoms with E-state index in [4.69, 9.17) is 20.3 Å². The average Bonchev–Trinajstić information content (AvgIpc) is 3.07. The number of ether oxygens (including phenoxy) is 2. The first-order chi connectivity index (χ1) is 26.9. The maximum Gasteiger partial charge on any atom is 0.410 e. The van der Waals surface area contributed by atoms with E-state index in [9.17, 15) is 24.0 Å². The standard InChI is InChI=1S/C16H28N2O3.C11H22N2O2.C11H20N2O.C5H8O2.ClH/c1-16(2,3)21-15(20)18-9-7-12(8-10-18)11-17-14(19)13-5-4-6-13;1-11(2,3)15-10(14)13-6-4-9(8-12)5-7-13;14-11(10-2-1-3-10)13-8-9-4-6-12-7-5-9;6-5(7)4-2-1-3-4;/h12-13H,4-11H2,1-3H3,(H,17,19);9H,4-8,12H2,1-3H3;9-10,12H,1-8H2,(H,13,14);4H,1-3H2,(H,6,7);1H. The quantitative estimate of drug-likeness (QED) is 0.184. The number of carbonyl (C=O) groups excluding carboxylic acids is 4. The van der Waals surface area contributed by atoms with Crippen LogP contribution in [0.4, 0.5) is 9.59 Å². The Kier molecular flexibility index (Phi) is 22.7. The first kappa shape index (κ1) is 51.3. The Morgan fingerprint density at radius 1 is 0.586 bits per heavy atom. The summed E-state index contributed by atoms with van der Waals surface area (Å²) in [6, 6.07) is 0. The van der Waals surface area contributed by atoms with Gasteiger partial charge in [-0.25, -0.2) is 9.59 Å². The fourth-order valence-electron chi connectivity index (χ4n) is 7.18. The highest BCUT2D eigenvalue weighted by Crippen LogP contribution is 2.28. The minimum Gasteiger partial charge on any atom is -0.481 e. The second kappa shape index (κ2) is 25.7. The summed E-state index contributed by atoms with van der Waals surface area (Å²) in [5.74, 6) is 2.26. The molecule has 14 nitrogen and oxygen atoms in total. The van der Waals surface area contributed by atoms with E-state index in [0.29, 0.717) is 29.6 Å². The van der Waals surface area contributed by atoms with E-state index >= 15 is 0 Å². The largest absolute Gasteiger partial charge is 0.481 e. The molecule has 4 amide bonds. The summed E-state index contributed by atoms with van der Waals surface area (Å²) in [4.78, 5) is 60.5. The fourth-order valence-corrected chi connectivity index (χ4v) is 7.18. The topological polar surface area (TPSA) is 193 Å². The molecule has 3 heterocycles. The lowest BCUT2D eigenvalue weighted by molar-refractivity contribution is -0.144. The molecule has 0 aromatic carbocycles. The van der Waals surface area contributed by atoms with Crippen LogP contribution in [0.1, 0.15) is 138 Å². The lowest BCUT2D eigenvalue weighted by Gasteiger charge is -2.34. The molecule has 3 saturated carbocycles. The number of carboxylic acids is 1. The Bertz CT molecular complexity index is 1240. The highest BCUT2D eigenvalue weighted by Gasteiger charge is 2.30. The van der Waals surface area contributed by atoms with Gasteiger partial charge in [-0.2, -0.15) is 0 Å². The molecule has 0 atom stereocenters. The van der Waals surface area contributed by atoms with E-state index in [2.05, 4.69) is 16.0 Å². The zero-order chi connectivity index (χ0) is 42.0. The van der Waals surface area contributed by atoms with Crippen molar-refractivity contribution in [3.05, 3.63) is 0 Å². The summed E-state index contributed by atoms with van der Waals surface area (Å²) in [5, 5.41) is 17.7. The number of aliphatic carboxylic acids is 1. The number of nitrogens with two attached hydrogens (primary N) is 1. The van der Waals surface area contributed by atoms with Gasteiger partial charge < -0.3 is 46.1 Å². The van der Waals surface area contributed by atoms with Crippen LogP contribution in [0.5, 0.6) is 0 Å². The van der Waals surface area contributed by atoms with E-state index in [1.54, 1.807) is 9.80 Å². The Morgan fingerprint density at radius 3 is 1.21 bits per heavy atom. The van der Waals surface area contributed by atoms with Crippen LogP contribution in [0.25, 0.3) is 0 Å². The van der Waals surface area contributed by atoms with Crippen LogP contribution in [0.15, 0.2) is 0 Å². The van der Waals surface area contributed by atoms with Crippen molar-refractivity contribution in [2.75, 3.05) is 58.9 Å². The van der Waals surface area contributed by atoms with Crippen molar-refractivity contribution in [1.82, 2.24) is 25.8 Å². The van der Waals surface area contributed by atoms with E-state index < -0.39 is 17.2 Å². The second-order valence-electron chi connectivity index (χ2n) is 19.0. The number of hydrogen-bond acceptors (Lipinski definition) is 9. The molecule has 0 spiro atoms. The van der Waals surface area contributed by atoms with E-state index in [0.717, 1.165) is 130 Å². The summed E-state index contributed by atoms with van der Waals surface area (Å²) in [5.41, 5.74) is 4.75. The molecule has 0 aromatic rings. The van der Waals surface area contributed by atoms with E-state index in [-0.39, 0.29) is 42.3 Å². The number of carbonyl (C=O) groups is 5. The first-order valence-electron chi connectivity index (χ1n) is 22.1. The normalized spacial score (nSPS) is 20.9. The van der Waals surface area contributed by atoms with Gasteiger partial charge in [0.05, 0.1) is 5.92 Å². The minimum atomic E-state index is -0.619. The number of hydrogen-bond donors (Lipinski definition) is 5. The molecule has 3 aliphatic carbocycles. The van der Waals surface area contributed by atoms with Crippen molar-refractivity contribution in [2.24, 2.45) is 41.2 Å². The van der Waals surface area contributed by atoms with E-state index in [1.807, 2.05) is 41.5 Å². The zero-order valence-electron chi connectivity index (χ0n) is 36.6. The molecule has 336 valence electrons. The molecule has 0 aromatic heterocycles. The molecule has 3 saturated heterocycles. The van der Waals surface area contributed by atoms with Crippen molar-refractivity contribution in [2.45, 2.75) is 149 Å². The van der Waals surface area contributed by atoms with Gasteiger partial charge in [-0.3, -0.25) is 14.4 Å². The number of carboxylic acid groups (broad SMARTS) is 1. The monoisotopic (exact) mass is 843 g/mol. The lowest BCUT2D eigenvalue weighted by Crippen LogP contribution is -2.44. The summed E-state index contributed by atoms with van der Waals surface area (Å²) in [6.45, 7) is 18.9. The summed E-state index contributed by atoms with van der Waals surface area (Å²) in [6.07, 6.45) is 15.5. The van der Waals surface area contributed by atoms with Crippen LogP contribution in [0.2, 0.25) is 0 Å².